The second-order valence-corrected chi connectivity index (χ2v) is 12.1. The van der Waals surface area contributed by atoms with Gasteiger partial charge in [-0.3, -0.25) is 13.9 Å². The Morgan fingerprint density at radius 3 is 2.02 bits per heavy atom. The second kappa shape index (κ2) is 14.2. The van der Waals surface area contributed by atoms with Crippen molar-refractivity contribution in [1.29, 1.82) is 0 Å². The third-order valence-corrected chi connectivity index (χ3v) is 8.62. The van der Waals surface area contributed by atoms with Gasteiger partial charge in [-0.25, -0.2) is 8.42 Å². The molecule has 3 aromatic carbocycles. The molecule has 0 aliphatic heterocycles. The van der Waals surface area contributed by atoms with Crippen LogP contribution >= 0.6 is 0 Å². The van der Waals surface area contributed by atoms with Crippen LogP contribution in [0.3, 0.4) is 0 Å². The lowest BCUT2D eigenvalue weighted by molar-refractivity contribution is -0.140. The van der Waals surface area contributed by atoms with E-state index in [9.17, 15) is 18.0 Å². The van der Waals surface area contributed by atoms with Gasteiger partial charge in [-0.15, -0.1) is 0 Å². The van der Waals surface area contributed by atoms with Crippen LogP contribution in [-0.2, 0) is 26.2 Å². The van der Waals surface area contributed by atoms with Crippen LogP contribution in [0.2, 0.25) is 0 Å². The van der Waals surface area contributed by atoms with Crippen molar-refractivity contribution in [2.75, 3.05) is 24.5 Å². The van der Waals surface area contributed by atoms with E-state index in [1.54, 1.807) is 55.6 Å². The molecule has 1 N–H and O–H groups in total. The van der Waals surface area contributed by atoms with E-state index in [0.29, 0.717) is 24.4 Å². The summed E-state index contributed by atoms with van der Waals surface area (Å²) in [6.45, 7) is 9.60. The number of hydrogen-bond acceptors (Lipinski definition) is 5. The van der Waals surface area contributed by atoms with Crippen molar-refractivity contribution in [1.82, 2.24) is 10.2 Å². The predicted molar refractivity (Wildman–Crippen MR) is 163 cm³/mol. The highest BCUT2D eigenvalue weighted by molar-refractivity contribution is 7.92. The first-order chi connectivity index (χ1) is 19.5. The Kier molecular flexibility index (Phi) is 10.9. The van der Waals surface area contributed by atoms with E-state index in [0.717, 1.165) is 33.0 Å². The molecule has 0 spiro atoms. The van der Waals surface area contributed by atoms with E-state index in [-0.39, 0.29) is 17.3 Å². The van der Waals surface area contributed by atoms with E-state index in [4.69, 9.17) is 4.74 Å². The number of nitrogens with one attached hydrogen (secondary N) is 1. The number of benzene rings is 3. The molecule has 0 saturated heterocycles. The van der Waals surface area contributed by atoms with Crippen LogP contribution in [0.25, 0.3) is 0 Å². The Morgan fingerprint density at radius 2 is 1.49 bits per heavy atom. The van der Waals surface area contributed by atoms with Crippen LogP contribution in [0.1, 0.15) is 48.9 Å². The van der Waals surface area contributed by atoms with Gasteiger partial charge in [-0.1, -0.05) is 49.7 Å². The molecule has 220 valence electrons. The lowest BCUT2D eigenvalue weighted by Gasteiger charge is -2.33. The molecule has 0 fully saturated rings. The third-order valence-electron chi connectivity index (χ3n) is 6.83. The van der Waals surface area contributed by atoms with Gasteiger partial charge in [-0.2, -0.15) is 0 Å². The van der Waals surface area contributed by atoms with Crippen LogP contribution < -0.4 is 14.4 Å². The number of carbonyl (C=O) groups excluding carboxylic acids is 2. The van der Waals surface area contributed by atoms with Gasteiger partial charge in [0.05, 0.1) is 17.7 Å². The zero-order valence-corrected chi connectivity index (χ0v) is 25.6. The minimum atomic E-state index is -4.11. The minimum absolute atomic E-state index is 0.0875. The number of amides is 2. The van der Waals surface area contributed by atoms with Crippen LogP contribution in [0, 0.1) is 20.8 Å². The number of sulfonamides is 1. The van der Waals surface area contributed by atoms with E-state index in [1.807, 2.05) is 52.8 Å². The van der Waals surface area contributed by atoms with E-state index in [2.05, 4.69) is 5.32 Å². The van der Waals surface area contributed by atoms with Crippen LogP contribution in [0.15, 0.2) is 71.6 Å². The van der Waals surface area contributed by atoms with Gasteiger partial charge < -0.3 is 15.0 Å². The lowest BCUT2D eigenvalue weighted by atomic mass is 10.1. The van der Waals surface area contributed by atoms with Crippen LogP contribution in [0.4, 0.5) is 5.69 Å². The topological polar surface area (TPSA) is 96.0 Å². The molecule has 8 nitrogen and oxygen atoms in total. The number of aryl methyl sites for hydroxylation is 3. The first-order valence-corrected chi connectivity index (χ1v) is 15.3. The summed E-state index contributed by atoms with van der Waals surface area (Å²) in [5.74, 6) is -0.0748. The predicted octanol–water partition coefficient (Wildman–Crippen LogP) is 5.15. The standard InChI is InChI=1S/C32H41N3O5S/c1-7-17-33-32(37)30(8-2)34(21-26-11-13-28(40-6)14-12-26)31(36)22-35(27-19-24(4)18-25(5)20-27)41(38,39)29-15-9-23(3)10-16-29/h9-16,18-20,30H,7-8,17,21-22H2,1-6H3,(H,33,37)/t30-/m1/s1. The molecule has 0 unspecified atom stereocenters. The Hall–Kier alpha value is -3.85. The Bertz CT molecular complexity index is 1420. The fourth-order valence-electron chi connectivity index (χ4n) is 4.67. The number of carbonyl (C=O) groups is 2. The smallest absolute Gasteiger partial charge is 0.264 e. The van der Waals surface area contributed by atoms with E-state index < -0.39 is 28.5 Å². The monoisotopic (exact) mass is 579 g/mol. The van der Waals surface area contributed by atoms with Crippen LogP contribution in [0.5, 0.6) is 5.75 Å². The molecular formula is C32H41N3O5S. The number of methoxy groups -OCH3 is 1. The zero-order chi connectivity index (χ0) is 30.2. The van der Waals surface area contributed by atoms with Crippen molar-refractivity contribution >= 4 is 27.5 Å². The third kappa shape index (κ3) is 8.10. The Balaban J connectivity index is 2.07. The zero-order valence-electron chi connectivity index (χ0n) is 24.8. The van der Waals surface area contributed by atoms with Gasteiger partial charge in [0, 0.05) is 13.1 Å². The summed E-state index contributed by atoms with van der Waals surface area (Å²) in [6.07, 6.45) is 1.12. The molecule has 0 saturated carbocycles. The lowest BCUT2D eigenvalue weighted by Crippen LogP contribution is -2.52. The Labute approximate surface area is 244 Å². The fourth-order valence-corrected chi connectivity index (χ4v) is 6.07. The average Bonchev–Trinajstić information content (AvgIpc) is 2.94. The molecule has 0 aliphatic carbocycles. The summed E-state index contributed by atoms with van der Waals surface area (Å²) in [5.41, 5.74) is 3.85. The van der Waals surface area contributed by atoms with Crippen LogP contribution in [-0.4, -0.2) is 51.4 Å². The number of rotatable bonds is 13. The second-order valence-electron chi connectivity index (χ2n) is 10.3. The summed E-state index contributed by atoms with van der Waals surface area (Å²) < 4.78 is 34.5. The van der Waals surface area contributed by atoms with Crippen molar-refractivity contribution in [2.45, 2.75) is 64.9 Å². The van der Waals surface area contributed by atoms with Gasteiger partial charge in [0.2, 0.25) is 11.8 Å². The van der Waals surface area contributed by atoms with Crippen molar-refractivity contribution in [2.24, 2.45) is 0 Å². The molecule has 1 atom stereocenters. The fraction of sp³-hybridized carbons (Fsp3) is 0.375. The maximum atomic E-state index is 14.2. The molecule has 41 heavy (non-hydrogen) atoms. The largest absolute Gasteiger partial charge is 0.497 e. The first-order valence-electron chi connectivity index (χ1n) is 13.9. The highest BCUT2D eigenvalue weighted by Crippen LogP contribution is 2.27. The molecule has 3 rings (SSSR count). The van der Waals surface area contributed by atoms with Gasteiger partial charge in [-0.05, 0) is 86.7 Å². The molecule has 2 amide bonds. The molecular weight excluding hydrogens is 538 g/mol. The van der Waals surface area contributed by atoms with Crippen molar-refractivity contribution < 1.29 is 22.7 Å². The van der Waals surface area contributed by atoms with E-state index in [1.165, 1.54) is 4.90 Å². The molecule has 0 radical (unpaired) electrons. The first kappa shape index (κ1) is 31.7. The normalized spacial score (nSPS) is 12.0. The maximum absolute atomic E-state index is 14.2. The van der Waals surface area contributed by atoms with Gasteiger partial charge in [0.25, 0.3) is 10.0 Å². The maximum Gasteiger partial charge on any atom is 0.264 e. The Morgan fingerprint density at radius 1 is 0.878 bits per heavy atom. The minimum Gasteiger partial charge on any atom is -0.497 e. The summed E-state index contributed by atoms with van der Waals surface area (Å²) in [5, 5.41) is 2.90. The quantitative estimate of drug-likeness (QED) is 0.302. The van der Waals surface area contributed by atoms with Crippen molar-refractivity contribution in [3.05, 3.63) is 89.0 Å². The molecule has 0 aromatic heterocycles. The summed E-state index contributed by atoms with van der Waals surface area (Å²) in [4.78, 5) is 28.9. The molecule has 9 heteroatoms. The van der Waals surface area contributed by atoms with Crippen molar-refractivity contribution in [3.8, 4) is 5.75 Å². The van der Waals surface area contributed by atoms with Gasteiger partial charge in [0.1, 0.15) is 18.3 Å². The number of nitrogens with zero attached hydrogens (tertiary/aromatic N) is 2. The van der Waals surface area contributed by atoms with Crippen molar-refractivity contribution in [3.63, 3.8) is 0 Å². The highest BCUT2D eigenvalue weighted by atomic mass is 32.2. The van der Waals surface area contributed by atoms with Gasteiger partial charge >= 0.3 is 0 Å². The summed E-state index contributed by atoms with van der Waals surface area (Å²) >= 11 is 0. The molecule has 0 aliphatic rings. The average molecular weight is 580 g/mol. The molecule has 3 aromatic rings. The number of anilines is 1. The SMILES string of the molecule is CCCNC(=O)[C@@H](CC)N(Cc1ccc(OC)cc1)C(=O)CN(c1cc(C)cc(C)c1)S(=O)(=O)c1ccc(C)cc1. The number of ether oxygens (including phenoxy) is 1. The summed E-state index contributed by atoms with van der Waals surface area (Å²) in [6, 6.07) is 18.5. The highest BCUT2D eigenvalue weighted by Gasteiger charge is 2.33. The summed E-state index contributed by atoms with van der Waals surface area (Å²) in [7, 11) is -2.54. The van der Waals surface area contributed by atoms with Gasteiger partial charge in [0.15, 0.2) is 0 Å². The molecule has 0 heterocycles. The number of hydrogen-bond donors (Lipinski definition) is 1. The van der Waals surface area contributed by atoms with E-state index >= 15 is 0 Å². The molecule has 0 bridgehead atoms.